The monoisotopic (exact) mass is 330 g/mol. The summed E-state index contributed by atoms with van der Waals surface area (Å²) in [6.45, 7) is 0. The minimum Gasteiger partial charge on any atom is -0.397 e. The van der Waals surface area contributed by atoms with Gasteiger partial charge in [-0.25, -0.2) is 8.42 Å². The van der Waals surface area contributed by atoms with E-state index >= 15 is 0 Å². The van der Waals surface area contributed by atoms with Crippen molar-refractivity contribution in [2.24, 2.45) is 0 Å². The molecule has 0 unspecified atom stereocenters. The highest BCUT2D eigenvalue weighted by molar-refractivity contribution is 7.92. The maximum Gasteiger partial charge on any atom is 0.225 e. The van der Waals surface area contributed by atoms with Crippen LogP contribution in [0.2, 0.25) is 5.02 Å². The topological polar surface area (TPSA) is 89.3 Å². The summed E-state index contributed by atoms with van der Waals surface area (Å²) in [6, 6.07) is 4.76. The molecule has 1 saturated carbocycles. The van der Waals surface area contributed by atoms with Crippen molar-refractivity contribution < 1.29 is 13.2 Å². The first-order valence-electron chi connectivity index (χ1n) is 6.95. The van der Waals surface area contributed by atoms with Crippen molar-refractivity contribution in [2.75, 3.05) is 16.8 Å². The predicted octanol–water partition coefficient (Wildman–Crippen LogP) is 2.61. The van der Waals surface area contributed by atoms with Crippen LogP contribution in [-0.2, 0) is 14.6 Å². The summed E-state index contributed by atoms with van der Waals surface area (Å²) in [5.41, 5.74) is 6.53. The highest BCUT2D eigenvalue weighted by Crippen LogP contribution is 2.26. The number of halogens is 1. The highest BCUT2D eigenvalue weighted by atomic mass is 35.5. The molecule has 0 aliphatic heterocycles. The van der Waals surface area contributed by atoms with Crippen molar-refractivity contribution in [3.63, 3.8) is 0 Å². The van der Waals surface area contributed by atoms with E-state index in [1.807, 2.05) is 0 Å². The first-order valence-corrected chi connectivity index (χ1v) is 9.04. The van der Waals surface area contributed by atoms with Crippen LogP contribution in [0.5, 0.6) is 0 Å². The van der Waals surface area contributed by atoms with Gasteiger partial charge < -0.3 is 11.1 Å². The Morgan fingerprint density at radius 2 is 2.00 bits per heavy atom. The van der Waals surface area contributed by atoms with Gasteiger partial charge in [0.25, 0.3) is 0 Å². The van der Waals surface area contributed by atoms with E-state index in [-0.39, 0.29) is 23.3 Å². The quantitative estimate of drug-likeness (QED) is 0.812. The molecule has 0 bridgehead atoms. The number of hydrogen-bond acceptors (Lipinski definition) is 4. The standard InChI is InChI=1S/C14H19ClN2O3S/c15-12-6-5-10(9-13(12)16)17-14(18)7-8-21(19,20)11-3-1-2-4-11/h5-6,9,11H,1-4,7-8,16H2,(H,17,18). The molecule has 1 amide bonds. The van der Waals surface area contributed by atoms with Gasteiger partial charge in [0.2, 0.25) is 5.91 Å². The van der Waals surface area contributed by atoms with Crippen LogP contribution >= 0.6 is 11.6 Å². The highest BCUT2D eigenvalue weighted by Gasteiger charge is 2.28. The number of anilines is 2. The third kappa shape index (κ3) is 4.35. The normalized spacial score (nSPS) is 16.0. The van der Waals surface area contributed by atoms with E-state index in [4.69, 9.17) is 17.3 Å². The van der Waals surface area contributed by atoms with Crippen molar-refractivity contribution >= 4 is 38.7 Å². The second-order valence-corrected chi connectivity index (χ2v) is 8.12. The molecule has 1 aliphatic carbocycles. The van der Waals surface area contributed by atoms with Crippen LogP contribution in [0.25, 0.3) is 0 Å². The Morgan fingerprint density at radius 3 is 2.62 bits per heavy atom. The average molecular weight is 331 g/mol. The van der Waals surface area contributed by atoms with Gasteiger partial charge in [-0.2, -0.15) is 0 Å². The molecule has 1 aromatic rings. The summed E-state index contributed by atoms with van der Waals surface area (Å²) >= 11 is 5.79. The van der Waals surface area contributed by atoms with E-state index in [1.54, 1.807) is 18.2 Å². The molecule has 1 aliphatic rings. The van der Waals surface area contributed by atoms with Crippen molar-refractivity contribution in [1.82, 2.24) is 0 Å². The van der Waals surface area contributed by atoms with Crippen molar-refractivity contribution in [1.29, 1.82) is 0 Å². The van der Waals surface area contributed by atoms with Crippen LogP contribution in [-0.4, -0.2) is 25.3 Å². The molecule has 3 N–H and O–H groups in total. The first kappa shape index (κ1) is 16.1. The summed E-state index contributed by atoms with van der Waals surface area (Å²) < 4.78 is 24.1. The Balaban J connectivity index is 1.88. The fourth-order valence-corrected chi connectivity index (χ4v) is 4.47. The number of hydrogen-bond donors (Lipinski definition) is 2. The average Bonchev–Trinajstić information content (AvgIpc) is 2.96. The third-order valence-corrected chi connectivity index (χ3v) is 6.31. The van der Waals surface area contributed by atoms with Gasteiger partial charge in [-0.3, -0.25) is 4.79 Å². The Kier molecular flexibility index (Phi) is 5.11. The largest absolute Gasteiger partial charge is 0.397 e. The third-order valence-electron chi connectivity index (χ3n) is 3.70. The summed E-state index contributed by atoms with van der Waals surface area (Å²) in [4.78, 5) is 11.8. The number of benzene rings is 1. The summed E-state index contributed by atoms with van der Waals surface area (Å²) in [5.74, 6) is -0.440. The fraction of sp³-hybridized carbons (Fsp3) is 0.500. The van der Waals surface area contributed by atoms with Crippen LogP contribution in [0.3, 0.4) is 0 Å². The van der Waals surface area contributed by atoms with E-state index in [9.17, 15) is 13.2 Å². The van der Waals surface area contributed by atoms with Gasteiger partial charge in [-0.1, -0.05) is 24.4 Å². The Bertz CT molecular complexity index is 625. The second kappa shape index (κ2) is 6.66. The molecule has 21 heavy (non-hydrogen) atoms. The number of carbonyl (C=O) groups is 1. The molecule has 7 heteroatoms. The van der Waals surface area contributed by atoms with Crippen molar-refractivity contribution in [2.45, 2.75) is 37.4 Å². The van der Waals surface area contributed by atoms with Gasteiger partial charge in [-0.05, 0) is 31.0 Å². The lowest BCUT2D eigenvalue weighted by atomic mass is 10.2. The van der Waals surface area contributed by atoms with Crippen LogP contribution in [0, 0.1) is 0 Å². The maximum atomic E-state index is 12.1. The Hall–Kier alpha value is -1.27. The zero-order valence-corrected chi connectivity index (χ0v) is 13.2. The molecule has 0 heterocycles. The number of carbonyl (C=O) groups excluding carboxylic acids is 1. The maximum absolute atomic E-state index is 12.1. The lowest BCUT2D eigenvalue weighted by molar-refractivity contribution is -0.115. The number of nitrogens with two attached hydrogens (primary N) is 1. The van der Waals surface area contributed by atoms with E-state index in [1.165, 1.54) is 0 Å². The minimum atomic E-state index is -3.17. The zero-order valence-electron chi connectivity index (χ0n) is 11.6. The van der Waals surface area contributed by atoms with Gasteiger partial charge >= 0.3 is 0 Å². The molecule has 0 saturated heterocycles. The predicted molar refractivity (Wildman–Crippen MR) is 85.2 cm³/mol. The first-order chi connectivity index (χ1) is 9.88. The number of nitrogen functional groups attached to an aromatic ring is 1. The molecule has 0 spiro atoms. The Labute approximate surface area is 129 Å². The van der Waals surface area contributed by atoms with Gasteiger partial charge in [-0.15, -0.1) is 0 Å². The summed E-state index contributed by atoms with van der Waals surface area (Å²) in [6.07, 6.45) is 3.32. The smallest absolute Gasteiger partial charge is 0.225 e. The van der Waals surface area contributed by atoms with E-state index in [2.05, 4.69) is 5.32 Å². The summed E-state index contributed by atoms with van der Waals surface area (Å²) in [7, 11) is -3.17. The summed E-state index contributed by atoms with van der Waals surface area (Å²) in [5, 5.41) is 2.78. The number of rotatable bonds is 5. The molecule has 1 aromatic carbocycles. The number of nitrogens with one attached hydrogen (secondary N) is 1. The molecule has 116 valence electrons. The molecule has 0 atom stereocenters. The van der Waals surface area contributed by atoms with Gasteiger partial charge in [0.1, 0.15) is 0 Å². The molecule has 0 radical (unpaired) electrons. The second-order valence-electron chi connectivity index (χ2n) is 5.31. The zero-order chi connectivity index (χ0) is 15.5. The molecule has 1 fully saturated rings. The van der Waals surface area contributed by atoms with Crippen molar-refractivity contribution in [3.8, 4) is 0 Å². The number of sulfone groups is 1. The SMILES string of the molecule is Nc1cc(NC(=O)CCS(=O)(=O)C2CCCC2)ccc1Cl. The Morgan fingerprint density at radius 1 is 1.33 bits per heavy atom. The van der Waals surface area contributed by atoms with Crippen LogP contribution < -0.4 is 11.1 Å². The lowest BCUT2D eigenvalue weighted by Gasteiger charge is -2.11. The number of amides is 1. The molecular formula is C14H19ClN2O3S. The molecule has 5 nitrogen and oxygen atoms in total. The van der Waals surface area contributed by atoms with Crippen LogP contribution in [0.1, 0.15) is 32.1 Å². The van der Waals surface area contributed by atoms with Gasteiger partial charge in [0, 0.05) is 12.1 Å². The van der Waals surface area contributed by atoms with Crippen LogP contribution in [0.4, 0.5) is 11.4 Å². The van der Waals surface area contributed by atoms with Crippen LogP contribution in [0.15, 0.2) is 18.2 Å². The fourth-order valence-electron chi connectivity index (χ4n) is 2.49. The minimum absolute atomic E-state index is 0.0403. The van der Waals surface area contributed by atoms with Crippen molar-refractivity contribution in [3.05, 3.63) is 23.2 Å². The van der Waals surface area contributed by atoms with E-state index in [0.717, 1.165) is 25.7 Å². The van der Waals surface area contributed by atoms with E-state index in [0.29, 0.717) is 16.4 Å². The molecule has 2 rings (SSSR count). The lowest BCUT2D eigenvalue weighted by Crippen LogP contribution is -2.24. The molecular weight excluding hydrogens is 312 g/mol. The molecule has 0 aromatic heterocycles. The van der Waals surface area contributed by atoms with Gasteiger partial charge in [0.15, 0.2) is 9.84 Å². The van der Waals surface area contributed by atoms with E-state index < -0.39 is 9.84 Å². The van der Waals surface area contributed by atoms with Gasteiger partial charge in [0.05, 0.1) is 21.7 Å².